The number of nitrogens with two attached hydrogens (primary N) is 1. The molecule has 2 aromatic rings. The number of hydrogen-bond acceptors (Lipinski definition) is 1. The van der Waals surface area contributed by atoms with Crippen LogP contribution in [0.5, 0.6) is 0 Å². The first-order valence-corrected chi connectivity index (χ1v) is 6.25. The van der Waals surface area contributed by atoms with Crippen molar-refractivity contribution >= 4 is 15.9 Å². The van der Waals surface area contributed by atoms with Crippen molar-refractivity contribution in [1.29, 1.82) is 0 Å². The van der Waals surface area contributed by atoms with E-state index in [0.29, 0.717) is 5.56 Å². The van der Waals surface area contributed by atoms with E-state index in [1.807, 2.05) is 19.1 Å². The third-order valence-corrected chi connectivity index (χ3v) is 3.44. The van der Waals surface area contributed by atoms with Gasteiger partial charge in [-0.25, -0.2) is 8.78 Å². The van der Waals surface area contributed by atoms with Crippen LogP contribution in [0.25, 0.3) is 0 Å². The first-order valence-electron chi connectivity index (χ1n) is 5.46. The van der Waals surface area contributed by atoms with E-state index in [9.17, 15) is 8.78 Å². The SMILES string of the molecule is Cc1ccc(C(N)c2c(F)ccc(Br)c2F)cc1. The van der Waals surface area contributed by atoms with Gasteiger partial charge in [-0.1, -0.05) is 29.8 Å². The van der Waals surface area contributed by atoms with Crippen molar-refractivity contribution in [3.63, 3.8) is 0 Å². The molecular weight excluding hydrogens is 300 g/mol. The number of aryl methyl sites for hydroxylation is 1. The number of hydrogen-bond donors (Lipinski definition) is 1. The van der Waals surface area contributed by atoms with E-state index < -0.39 is 17.7 Å². The minimum atomic E-state index is -0.817. The van der Waals surface area contributed by atoms with Crippen LogP contribution in [-0.2, 0) is 0 Å². The van der Waals surface area contributed by atoms with Crippen LogP contribution in [0.2, 0.25) is 0 Å². The molecule has 0 aliphatic rings. The maximum atomic E-state index is 13.9. The van der Waals surface area contributed by atoms with Crippen LogP contribution >= 0.6 is 15.9 Å². The zero-order valence-electron chi connectivity index (χ0n) is 9.75. The topological polar surface area (TPSA) is 26.0 Å². The summed E-state index contributed by atoms with van der Waals surface area (Å²) < 4.78 is 27.8. The highest BCUT2D eigenvalue weighted by Crippen LogP contribution is 2.29. The van der Waals surface area contributed by atoms with E-state index in [4.69, 9.17) is 5.73 Å². The van der Waals surface area contributed by atoms with Gasteiger partial charge in [0.05, 0.1) is 10.5 Å². The van der Waals surface area contributed by atoms with Crippen LogP contribution in [0, 0.1) is 18.6 Å². The molecule has 0 saturated heterocycles. The average molecular weight is 312 g/mol. The summed E-state index contributed by atoms with van der Waals surface area (Å²) in [5.41, 5.74) is 7.57. The summed E-state index contributed by atoms with van der Waals surface area (Å²) in [7, 11) is 0. The van der Waals surface area contributed by atoms with Crippen LogP contribution in [0.1, 0.15) is 22.7 Å². The van der Waals surface area contributed by atoms with E-state index in [2.05, 4.69) is 15.9 Å². The average Bonchev–Trinajstić information content (AvgIpc) is 2.35. The third kappa shape index (κ3) is 2.44. The van der Waals surface area contributed by atoms with Gasteiger partial charge in [-0.05, 0) is 40.5 Å². The summed E-state index contributed by atoms with van der Waals surface area (Å²) >= 11 is 3.04. The van der Waals surface area contributed by atoms with Crippen LogP contribution < -0.4 is 5.73 Å². The second-order valence-electron chi connectivity index (χ2n) is 4.15. The second kappa shape index (κ2) is 5.16. The number of benzene rings is 2. The summed E-state index contributed by atoms with van der Waals surface area (Å²) in [5, 5.41) is 0. The van der Waals surface area contributed by atoms with E-state index in [-0.39, 0.29) is 10.0 Å². The van der Waals surface area contributed by atoms with Gasteiger partial charge in [-0.2, -0.15) is 0 Å². The number of rotatable bonds is 2. The molecule has 18 heavy (non-hydrogen) atoms. The van der Waals surface area contributed by atoms with Crippen LogP contribution in [0.3, 0.4) is 0 Å². The van der Waals surface area contributed by atoms with Crippen molar-refractivity contribution in [3.05, 3.63) is 69.2 Å². The smallest absolute Gasteiger partial charge is 0.145 e. The van der Waals surface area contributed by atoms with E-state index in [1.165, 1.54) is 12.1 Å². The minimum absolute atomic E-state index is 0.117. The monoisotopic (exact) mass is 311 g/mol. The highest BCUT2D eigenvalue weighted by atomic mass is 79.9. The lowest BCUT2D eigenvalue weighted by Crippen LogP contribution is -2.16. The molecule has 1 atom stereocenters. The van der Waals surface area contributed by atoms with Crippen molar-refractivity contribution in [2.45, 2.75) is 13.0 Å². The molecule has 0 saturated carbocycles. The molecule has 4 heteroatoms. The van der Waals surface area contributed by atoms with Gasteiger partial charge in [0, 0.05) is 5.56 Å². The van der Waals surface area contributed by atoms with Gasteiger partial charge in [0.25, 0.3) is 0 Å². The lowest BCUT2D eigenvalue weighted by Gasteiger charge is -2.15. The fraction of sp³-hybridized carbons (Fsp3) is 0.143. The Morgan fingerprint density at radius 1 is 1.06 bits per heavy atom. The van der Waals surface area contributed by atoms with Gasteiger partial charge in [-0.3, -0.25) is 0 Å². The molecule has 0 amide bonds. The van der Waals surface area contributed by atoms with Crippen molar-refractivity contribution in [2.24, 2.45) is 5.73 Å². The van der Waals surface area contributed by atoms with Gasteiger partial charge in [0.15, 0.2) is 0 Å². The summed E-state index contributed by atoms with van der Waals surface area (Å²) in [6.07, 6.45) is 0. The Balaban J connectivity index is 2.49. The summed E-state index contributed by atoms with van der Waals surface area (Å²) in [4.78, 5) is 0. The molecule has 0 aromatic heterocycles. The Kier molecular flexibility index (Phi) is 3.78. The molecule has 0 radical (unpaired) electrons. The summed E-state index contributed by atoms with van der Waals surface area (Å²) in [6.45, 7) is 1.94. The molecule has 0 aliphatic heterocycles. The fourth-order valence-corrected chi connectivity index (χ4v) is 2.11. The maximum absolute atomic E-state index is 13.9. The van der Waals surface area contributed by atoms with Gasteiger partial charge < -0.3 is 5.73 Å². The van der Waals surface area contributed by atoms with E-state index in [0.717, 1.165) is 5.56 Å². The molecule has 1 unspecified atom stereocenters. The van der Waals surface area contributed by atoms with E-state index in [1.54, 1.807) is 12.1 Å². The summed E-state index contributed by atoms with van der Waals surface area (Å²) in [5.74, 6) is -1.29. The van der Waals surface area contributed by atoms with Crippen LogP contribution in [0.15, 0.2) is 40.9 Å². The predicted molar refractivity (Wildman–Crippen MR) is 71.3 cm³/mol. The molecule has 0 heterocycles. The molecule has 2 rings (SSSR count). The Morgan fingerprint density at radius 2 is 1.67 bits per heavy atom. The molecule has 1 nitrogen and oxygen atoms in total. The Bertz CT molecular complexity index is 567. The molecule has 2 N–H and O–H groups in total. The molecule has 0 spiro atoms. The lowest BCUT2D eigenvalue weighted by molar-refractivity contribution is 0.539. The van der Waals surface area contributed by atoms with Crippen molar-refractivity contribution in [3.8, 4) is 0 Å². The van der Waals surface area contributed by atoms with Gasteiger partial charge in [0.1, 0.15) is 11.6 Å². The minimum Gasteiger partial charge on any atom is -0.320 e. The summed E-state index contributed by atoms with van der Waals surface area (Å²) in [6, 6.07) is 9.00. The largest absolute Gasteiger partial charge is 0.320 e. The molecule has 0 bridgehead atoms. The predicted octanol–water partition coefficient (Wildman–Crippen LogP) is 4.08. The molecule has 2 aromatic carbocycles. The first kappa shape index (κ1) is 13.2. The Hall–Kier alpha value is -1.26. The lowest BCUT2D eigenvalue weighted by atomic mass is 9.98. The molecule has 0 aliphatic carbocycles. The van der Waals surface area contributed by atoms with Crippen molar-refractivity contribution < 1.29 is 8.78 Å². The first-order chi connectivity index (χ1) is 8.50. The van der Waals surface area contributed by atoms with Crippen LogP contribution in [0.4, 0.5) is 8.78 Å². The Morgan fingerprint density at radius 3 is 2.28 bits per heavy atom. The van der Waals surface area contributed by atoms with Gasteiger partial charge in [-0.15, -0.1) is 0 Å². The Labute approximate surface area is 113 Å². The van der Waals surface area contributed by atoms with Gasteiger partial charge >= 0.3 is 0 Å². The van der Waals surface area contributed by atoms with Crippen LogP contribution in [-0.4, -0.2) is 0 Å². The second-order valence-corrected chi connectivity index (χ2v) is 5.00. The third-order valence-electron chi connectivity index (χ3n) is 2.83. The van der Waals surface area contributed by atoms with Crippen molar-refractivity contribution in [1.82, 2.24) is 0 Å². The normalized spacial score (nSPS) is 12.5. The maximum Gasteiger partial charge on any atom is 0.145 e. The van der Waals surface area contributed by atoms with Gasteiger partial charge in [0.2, 0.25) is 0 Å². The quantitative estimate of drug-likeness (QED) is 0.831. The molecular formula is C14H12BrF2N. The molecule has 0 fully saturated rings. The zero-order chi connectivity index (χ0) is 13.3. The highest BCUT2D eigenvalue weighted by molar-refractivity contribution is 9.10. The fourth-order valence-electron chi connectivity index (χ4n) is 1.77. The number of halogens is 3. The van der Waals surface area contributed by atoms with Crippen molar-refractivity contribution in [2.75, 3.05) is 0 Å². The van der Waals surface area contributed by atoms with E-state index >= 15 is 0 Å². The molecule has 94 valence electrons. The highest BCUT2D eigenvalue weighted by Gasteiger charge is 2.20. The standard InChI is InChI=1S/C14H12BrF2N/c1-8-2-4-9(5-3-8)14(18)12-11(16)7-6-10(15)13(12)17/h2-7,14H,18H2,1H3. The zero-order valence-corrected chi connectivity index (χ0v) is 11.3.